The standard InChI is InChI=1S/C29H32N4O3S/c1-21-30-27-17-26(10-11-28(27)37-21)36-20-25(34)18-32-12-14-33(15-13-32)19-29(35)31-24-9-5-8-23(16-24)22-6-3-2-4-7-22/h2-11,16-17,25,34H,12-15,18-20H2,1H3,(H,31,35)/t25-/m0/s1. The number of aliphatic hydroxyl groups is 1. The second kappa shape index (κ2) is 11.8. The number of hydrogen-bond donors (Lipinski definition) is 2. The number of anilines is 1. The van der Waals surface area contributed by atoms with E-state index in [9.17, 15) is 9.90 Å². The fourth-order valence-corrected chi connectivity index (χ4v) is 5.40. The summed E-state index contributed by atoms with van der Waals surface area (Å²) in [6.07, 6.45) is -0.584. The van der Waals surface area contributed by atoms with E-state index in [0.29, 0.717) is 13.1 Å². The number of fused-ring (bicyclic) bond motifs is 1. The second-order valence-electron chi connectivity index (χ2n) is 9.40. The number of β-amino-alcohol motifs (C(OH)–C–C–N with tert-alkyl or cyclic N) is 1. The number of hydrogen-bond acceptors (Lipinski definition) is 7. The molecule has 0 unspecified atom stereocenters. The molecule has 0 spiro atoms. The quantitative estimate of drug-likeness (QED) is 0.346. The molecule has 3 aromatic carbocycles. The lowest BCUT2D eigenvalue weighted by Gasteiger charge is -2.35. The molecule has 1 atom stereocenters. The molecule has 0 bridgehead atoms. The molecule has 7 nitrogen and oxygen atoms in total. The van der Waals surface area contributed by atoms with Crippen LogP contribution in [0.1, 0.15) is 5.01 Å². The van der Waals surface area contributed by atoms with Crippen molar-refractivity contribution in [3.63, 3.8) is 0 Å². The molecule has 1 amide bonds. The molecule has 1 aliphatic heterocycles. The Morgan fingerprint density at radius 3 is 2.57 bits per heavy atom. The molecule has 2 heterocycles. The summed E-state index contributed by atoms with van der Waals surface area (Å²) >= 11 is 1.66. The van der Waals surface area contributed by atoms with E-state index < -0.39 is 6.10 Å². The predicted molar refractivity (Wildman–Crippen MR) is 149 cm³/mol. The average molecular weight is 517 g/mol. The molecular weight excluding hydrogens is 484 g/mol. The molecule has 1 saturated heterocycles. The Balaban J connectivity index is 1.03. The second-order valence-corrected chi connectivity index (χ2v) is 10.6. The minimum Gasteiger partial charge on any atom is -0.491 e. The topological polar surface area (TPSA) is 77.9 Å². The molecule has 0 radical (unpaired) electrons. The summed E-state index contributed by atoms with van der Waals surface area (Å²) in [7, 11) is 0. The van der Waals surface area contributed by atoms with Gasteiger partial charge in [0.15, 0.2) is 0 Å². The molecule has 4 aromatic rings. The molecule has 0 saturated carbocycles. The monoisotopic (exact) mass is 516 g/mol. The molecule has 1 fully saturated rings. The normalized spacial score (nSPS) is 15.5. The maximum atomic E-state index is 12.7. The number of benzene rings is 3. The van der Waals surface area contributed by atoms with Gasteiger partial charge in [-0.1, -0.05) is 42.5 Å². The van der Waals surface area contributed by atoms with Crippen molar-refractivity contribution in [1.82, 2.24) is 14.8 Å². The molecule has 37 heavy (non-hydrogen) atoms. The van der Waals surface area contributed by atoms with Crippen molar-refractivity contribution in [3.05, 3.63) is 77.8 Å². The molecule has 8 heteroatoms. The number of piperazine rings is 1. The number of aromatic nitrogens is 1. The number of carbonyl (C=O) groups excluding carboxylic acids is 1. The summed E-state index contributed by atoms with van der Waals surface area (Å²) < 4.78 is 6.95. The van der Waals surface area contributed by atoms with E-state index >= 15 is 0 Å². The van der Waals surface area contributed by atoms with Crippen molar-refractivity contribution in [1.29, 1.82) is 0 Å². The highest BCUT2D eigenvalue weighted by Gasteiger charge is 2.21. The van der Waals surface area contributed by atoms with E-state index in [0.717, 1.165) is 64.0 Å². The van der Waals surface area contributed by atoms with Gasteiger partial charge in [-0.3, -0.25) is 14.6 Å². The van der Waals surface area contributed by atoms with Crippen molar-refractivity contribution in [2.75, 3.05) is 51.2 Å². The Kier molecular flexibility index (Phi) is 8.11. The third kappa shape index (κ3) is 6.93. The van der Waals surface area contributed by atoms with Crippen LogP contribution >= 0.6 is 11.3 Å². The Bertz CT molecular complexity index is 1340. The van der Waals surface area contributed by atoms with Crippen molar-refractivity contribution < 1.29 is 14.6 Å². The zero-order valence-electron chi connectivity index (χ0n) is 21.0. The third-order valence-electron chi connectivity index (χ3n) is 6.46. The van der Waals surface area contributed by atoms with Gasteiger partial charge in [0.25, 0.3) is 0 Å². The average Bonchev–Trinajstić information content (AvgIpc) is 3.28. The van der Waals surface area contributed by atoms with E-state index in [1.807, 2.05) is 67.6 Å². The highest BCUT2D eigenvalue weighted by atomic mass is 32.1. The number of nitrogens with one attached hydrogen (secondary N) is 1. The molecular formula is C29H32N4O3S. The zero-order chi connectivity index (χ0) is 25.6. The van der Waals surface area contributed by atoms with Gasteiger partial charge in [-0.25, -0.2) is 4.98 Å². The van der Waals surface area contributed by atoms with Gasteiger partial charge in [0, 0.05) is 44.5 Å². The van der Waals surface area contributed by atoms with Crippen LogP contribution in [0.4, 0.5) is 5.69 Å². The van der Waals surface area contributed by atoms with Crippen molar-refractivity contribution in [2.45, 2.75) is 13.0 Å². The fraction of sp³-hybridized carbons (Fsp3) is 0.310. The van der Waals surface area contributed by atoms with Crippen LogP contribution in [0.15, 0.2) is 72.8 Å². The first kappa shape index (κ1) is 25.4. The summed E-state index contributed by atoms with van der Waals surface area (Å²) in [6.45, 7) is 6.30. The number of aryl methyl sites for hydroxylation is 1. The van der Waals surface area contributed by atoms with Gasteiger partial charge < -0.3 is 15.2 Å². The lowest BCUT2D eigenvalue weighted by atomic mass is 10.1. The zero-order valence-corrected chi connectivity index (χ0v) is 21.8. The van der Waals surface area contributed by atoms with Crippen molar-refractivity contribution >= 4 is 33.1 Å². The number of thiazole rings is 1. The Labute approximate surface area is 221 Å². The Morgan fingerprint density at radius 2 is 1.76 bits per heavy atom. The van der Waals surface area contributed by atoms with Crippen molar-refractivity contribution in [3.8, 4) is 16.9 Å². The van der Waals surface area contributed by atoms with Gasteiger partial charge in [-0.15, -0.1) is 11.3 Å². The van der Waals surface area contributed by atoms with Gasteiger partial charge in [-0.05, 0) is 42.3 Å². The van der Waals surface area contributed by atoms with Crippen molar-refractivity contribution in [2.24, 2.45) is 0 Å². The Morgan fingerprint density at radius 1 is 1.00 bits per heavy atom. The molecule has 1 aromatic heterocycles. The number of aliphatic hydroxyl groups excluding tert-OH is 1. The predicted octanol–water partition coefficient (Wildman–Crippen LogP) is 4.27. The van der Waals surface area contributed by atoms with Gasteiger partial charge >= 0.3 is 0 Å². The number of amides is 1. The molecule has 5 rings (SSSR count). The lowest BCUT2D eigenvalue weighted by molar-refractivity contribution is -0.117. The summed E-state index contributed by atoms with van der Waals surface area (Å²) in [5.74, 6) is 0.710. The van der Waals surface area contributed by atoms with Crippen LogP contribution in [-0.2, 0) is 4.79 Å². The first-order chi connectivity index (χ1) is 18.0. The largest absolute Gasteiger partial charge is 0.491 e. The van der Waals surface area contributed by atoms with Gasteiger partial charge in [0.2, 0.25) is 5.91 Å². The number of rotatable bonds is 9. The number of carbonyl (C=O) groups is 1. The van der Waals surface area contributed by atoms with E-state index in [-0.39, 0.29) is 12.5 Å². The molecule has 0 aliphatic carbocycles. The van der Waals surface area contributed by atoms with E-state index in [1.165, 1.54) is 0 Å². The molecule has 1 aliphatic rings. The molecule has 192 valence electrons. The first-order valence-electron chi connectivity index (χ1n) is 12.6. The van der Waals surface area contributed by atoms with Crippen LogP contribution in [-0.4, -0.2) is 77.8 Å². The summed E-state index contributed by atoms with van der Waals surface area (Å²) in [6, 6.07) is 23.9. The van der Waals surface area contributed by atoms with E-state index in [2.05, 4.69) is 32.2 Å². The SMILES string of the molecule is Cc1nc2cc(OC[C@@H](O)CN3CCN(CC(=O)Nc4cccc(-c5ccccc5)c4)CC3)ccc2s1. The van der Waals surface area contributed by atoms with Crippen LogP contribution in [0, 0.1) is 6.92 Å². The van der Waals surface area contributed by atoms with Crippen LogP contribution in [0.3, 0.4) is 0 Å². The lowest BCUT2D eigenvalue weighted by Crippen LogP contribution is -2.50. The maximum Gasteiger partial charge on any atom is 0.238 e. The van der Waals surface area contributed by atoms with Crippen LogP contribution in [0.2, 0.25) is 0 Å². The minimum absolute atomic E-state index is 0.0145. The smallest absolute Gasteiger partial charge is 0.238 e. The maximum absolute atomic E-state index is 12.7. The van der Waals surface area contributed by atoms with Gasteiger partial charge in [0.05, 0.1) is 21.8 Å². The molecule has 2 N–H and O–H groups in total. The number of nitrogens with zero attached hydrogens (tertiary/aromatic N) is 3. The van der Waals surface area contributed by atoms with E-state index in [1.54, 1.807) is 11.3 Å². The summed E-state index contributed by atoms with van der Waals surface area (Å²) in [5.41, 5.74) is 3.93. The van der Waals surface area contributed by atoms with E-state index in [4.69, 9.17) is 4.74 Å². The summed E-state index contributed by atoms with van der Waals surface area (Å²) in [5, 5.41) is 14.6. The Hall–Kier alpha value is -3.30. The highest BCUT2D eigenvalue weighted by Crippen LogP contribution is 2.26. The van der Waals surface area contributed by atoms with Crippen LogP contribution in [0.25, 0.3) is 21.3 Å². The fourth-order valence-electron chi connectivity index (χ4n) is 4.60. The third-order valence-corrected chi connectivity index (χ3v) is 7.41. The first-order valence-corrected chi connectivity index (χ1v) is 13.4. The number of ether oxygens (including phenoxy) is 1. The van der Waals surface area contributed by atoms with Gasteiger partial charge in [0.1, 0.15) is 18.5 Å². The summed E-state index contributed by atoms with van der Waals surface area (Å²) in [4.78, 5) is 21.5. The van der Waals surface area contributed by atoms with Crippen LogP contribution in [0.5, 0.6) is 5.75 Å². The van der Waals surface area contributed by atoms with Gasteiger partial charge in [-0.2, -0.15) is 0 Å². The highest BCUT2D eigenvalue weighted by molar-refractivity contribution is 7.18. The van der Waals surface area contributed by atoms with Crippen LogP contribution < -0.4 is 10.1 Å². The minimum atomic E-state index is -0.584.